The smallest absolute Gasteiger partial charge is 0.255 e. The number of hydrogen-bond acceptors (Lipinski definition) is 6. The Morgan fingerprint density at radius 3 is 2.59 bits per heavy atom. The van der Waals surface area contributed by atoms with Gasteiger partial charge in [-0.3, -0.25) is 4.79 Å². The predicted molar refractivity (Wildman–Crippen MR) is 121 cm³/mol. The lowest BCUT2D eigenvalue weighted by Crippen LogP contribution is -2.45. The van der Waals surface area contributed by atoms with Crippen LogP contribution in [0.5, 0.6) is 5.75 Å². The highest BCUT2D eigenvalue weighted by Gasteiger charge is 2.24. The van der Waals surface area contributed by atoms with E-state index in [0.717, 1.165) is 43.9 Å². The molecule has 1 saturated heterocycles. The van der Waals surface area contributed by atoms with Crippen LogP contribution in [0, 0.1) is 0 Å². The summed E-state index contributed by atoms with van der Waals surface area (Å²) in [5, 5.41) is 3.41. The second-order valence-electron chi connectivity index (χ2n) is 6.53. The number of rotatable bonds is 5. The number of aryl methyl sites for hydroxylation is 1. The maximum atomic E-state index is 12.7. The second-order valence-corrected chi connectivity index (χ2v) is 6.94. The first-order valence-electron chi connectivity index (χ1n) is 9.01. The highest BCUT2D eigenvalue weighted by atomic mass is 35.5. The average molecular weight is 463 g/mol. The number of ether oxygens (including phenoxy) is 1. The first-order chi connectivity index (χ1) is 13.0. The third-order valence-corrected chi connectivity index (χ3v) is 5.12. The number of anilines is 2. The van der Waals surface area contributed by atoms with Crippen LogP contribution in [0.15, 0.2) is 24.5 Å². The molecule has 0 atom stereocenters. The van der Waals surface area contributed by atoms with Gasteiger partial charge in [-0.1, -0.05) is 18.5 Å². The summed E-state index contributed by atoms with van der Waals surface area (Å²) >= 11 is 6.06. The number of nitrogens with zero attached hydrogens (tertiary/aromatic N) is 3. The Morgan fingerprint density at radius 2 is 1.97 bits per heavy atom. The molecule has 29 heavy (non-hydrogen) atoms. The number of aromatic nitrogens is 2. The van der Waals surface area contributed by atoms with E-state index in [0.29, 0.717) is 22.0 Å². The maximum absolute atomic E-state index is 12.7. The van der Waals surface area contributed by atoms with Crippen molar-refractivity contribution in [1.82, 2.24) is 15.3 Å². The van der Waals surface area contributed by atoms with Crippen molar-refractivity contribution in [2.45, 2.75) is 32.2 Å². The molecule has 1 fully saturated rings. The summed E-state index contributed by atoms with van der Waals surface area (Å²) < 4.78 is 5.27. The van der Waals surface area contributed by atoms with E-state index in [2.05, 4.69) is 27.1 Å². The minimum atomic E-state index is -0.206. The van der Waals surface area contributed by atoms with Gasteiger partial charge in [-0.05, 0) is 25.3 Å². The maximum Gasteiger partial charge on any atom is 0.255 e. The molecule has 1 aliphatic heterocycles. The van der Waals surface area contributed by atoms with Gasteiger partial charge in [0.1, 0.15) is 17.9 Å². The number of methoxy groups -OCH3 is 1. The third-order valence-electron chi connectivity index (χ3n) is 4.79. The van der Waals surface area contributed by atoms with Crippen molar-refractivity contribution < 1.29 is 9.53 Å². The zero-order valence-electron chi connectivity index (χ0n) is 16.4. The number of hydrogen-bond donors (Lipinski definition) is 2. The summed E-state index contributed by atoms with van der Waals surface area (Å²) in [5.41, 5.74) is 7.59. The summed E-state index contributed by atoms with van der Waals surface area (Å²) in [6.07, 6.45) is 4.16. The number of amides is 1. The van der Waals surface area contributed by atoms with Gasteiger partial charge in [0.25, 0.3) is 5.91 Å². The molecule has 3 rings (SSSR count). The normalized spacial score (nSPS) is 13.8. The Labute approximate surface area is 188 Å². The van der Waals surface area contributed by atoms with Crippen LogP contribution in [-0.2, 0) is 6.42 Å². The summed E-state index contributed by atoms with van der Waals surface area (Å²) in [6.45, 7) is 3.72. The molecule has 0 unspecified atom stereocenters. The number of benzene rings is 1. The fourth-order valence-corrected chi connectivity index (χ4v) is 3.35. The molecule has 1 amide bonds. The Balaban J connectivity index is 0.00000210. The number of halogens is 3. The van der Waals surface area contributed by atoms with E-state index in [1.165, 1.54) is 7.11 Å². The van der Waals surface area contributed by atoms with Gasteiger partial charge < -0.3 is 20.7 Å². The van der Waals surface area contributed by atoms with Crippen molar-refractivity contribution in [1.29, 1.82) is 0 Å². The molecule has 10 heteroatoms. The molecule has 1 aromatic heterocycles. The van der Waals surface area contributed by atoms with Gasteiger partial charge in [0.15, 0.2) is 0 Å². The van der Waals surface area contributed by atoms with Crippen molar-refractivity contribution in [3.63, 3.8) is 0 Å². The summed E-state index contributed by atoms with van der Waals surface area (Å²) in [6, 6.07) is 5.23. The highest BCUT2D eigenvalue weighted by molar-refractivity contribution is 6.33. The van der Waals surface area contributed by atoms with Crippen molar-refractivity contribution in [3.05, 3.63) is 40.8 Å². The molecule has 160 valence electrons. The van der Waals surface area contributed by atoms with Crippen LogP contribution in [0.2, 0.25) is 5.02 Å². The van der Waals surface area contributed by atoms with Crippen molar-refractivity contribution >= 4 is 53.8 Å². The molecule has 3 N–H and O–H groups in total. The molecule has 1 aliphatic rings. The van der Waals surface area contributed by atoms with Gasteiger partial charge >= 0.3 is 0 Å². The van der Waals surface area contributed by atoms with Crippen LogP contribution in [0.3, 0.4) is 0 Å². The number of nitrogens with two attached hydrogens (primary N) is 1. The molecule has 0 bridgehead atoms. The molecule has 2 aromatic rings. The fourth-order valence-electron chi connectivity index (χ4n) is 3.18. The van der Waals surface area contributed by atoms with Gasteiger partial charge in [-0.2, -0.15) is 0 Å². The van der Waals surface area contributed by atoms with E-state index < -0.39 is 0 Å². The first-order valence-corrected chi connectivity index (χ1v) is 9.39. The predicted octanol–water partition coefficient (Wildman–Crippen LogP) is 3.53. The number of nitrogen functional groups attached to an aromatic ring is 1. The molecule has 0 radical (unpaired) electrons. The van der Waals surface area contributed by atoms with Crippen molar-refractivity contribution in [2.75, 3.05) is 30.8 Å². The zero-order chi connectivity index (χ0) is 19.4. The molecule has 0 saturated carbocycles. The number of carbonyl (C=O) groups is 1. The Kier molecular flexibility index (Phi) is 9.76. The lowest BCUT2D eigenvalue weighted by atomic mass is 10.0. The number of nitrogens with one attached hydrogen (secondary N) is 1. The summed E-state index contributed by atoms with van der Waals surface area (Å²) in [7, 11) is 1.50. The van der Waals surface area contributed by atoms with E-state index >= 15 is 0 Å². The largest absolute Gasteiger partial charge is 0.496 e. The lowest BCUT2D eigenvalue weighted by molar-refractivity contribution is 0.0928. The topological polar surface area (TPSA) is 93.4 Å². The standard InChI is InChI=1S/C19H24ClN5O2.2ClH/c1-3-12-8-18(23-11-22-12)25-6-4-13(5-7-25)24-19(26)14-9-15(20)16(21)10-17(14)27-2;;/h8-11,13H,3-7,21H2,1-2H3,(H,24,26);2*1H. The van der Waals surface area contributed by atoms with Crippen LogP contribution >= 0.6 is 36.4 Å². The van der Waals surface area contributed by atoms with Gasteiger partial charge in [0.2, 0.25) is 0 Å². The van der Waals surface area contributed by atoms with E-state index in [4.69, 9.17) is 22.1 Å². The molecular weight excluding hydrogens is 437 g/mol. The van der Waals surface area contributed by atoms with E-state index in [1.54, 1.807) is 18.5 Å². The molecule has 0 aliphatic carbocycles. The van der Waals surface area contributed by atoms with Crippen LogP contribution in [0.25, 0.3) is 0 Å². The molecule has 7 nitrogen and oxygen atoms in total. The van der Waals surface area contributed by atoms with E-state index in [1.807, 2.05) is 6.07 Å². The number of piperidine rings is 1. The monoisotopic (exact) mass is 461 g/mol. The number of carbonyl (C=O) groups excluding carboxylic acids is 1. The van der Waals surface area contributed by atoms with Gasteiger partial charge in [-0.25, -0.2) is 9.97 Å². The van der Waals surface area contributed by atoms with E-state index in [9.17, 15) is 4.79 Å². The lowest BCUT2D eigenvalue weighted by Gasteiger charge is -2.33. The van der Waals surface area contributed by atoms with Crippen molar-refractivity contribution in [3.8, 4) is 5.75 Å². The summed E-state index contributed by atoms with van der Waals surface area (Å²) in [5.74, 6) is 1.15. The zero-order valence-corrected chi connectivity index (χ0v) is 18.7. The molecule has 0 spiro atoms. The minimum absolute atomic E-state index is 0. The summed E-state index contributed by atoms with van der Waals surface area (Å²) in [4.78, 5) is 23.5. The molecule has 1 aromatic carbocycles. The minimum Gasteiger partial charge on any atom is -0.496 e. The van der Waals surface area contributed by atoms with Gasteiger partial charge in [-0.15, -0.1) is 24.8 Å². The van der Waals surface area contributed by atoms with Gasteiger partial charge in [0, 0.05) is 37.0 Å². The fraction of sp³-hybridized carbons (Fsp3) is 0.421. The molecular formula is C19H26Cl3N5O2. The third kappa shape index (κ3) is 6.01. The Hall–Kier alpha value is -1.96. The Bertz CT molecular complexity index is 829. The van der Waals surface area contributed by atoms with Crippen LogP contribution < -0.4 is 20.7 Å². The molecule has 2 heterocycles. The second kappa shape index (κ2) is 11.3. The van der Waals surface area contributed by atoms with Crippen molar-refractivity contribution in [2.24, 2.45) is 0 Å². The first kappa shape index (κ1) is 25.1. The van der Waals surface area contributed by atoms with Crippen LogP contribution in [-0.4, -0.2) is 42.1 Å². The van der Waals surface area contributed by atoms with Gasteiger partial charge in [0.05, 0.1) is 23.4 Å². The van der Waals surface area contributed by atoms with Crippen LogP contribution in [0.1, 0.15) is 35.8 Å². The van der Waals surface area contributed by atoms with Crippen LogP contribution in [0.4, 0.5) is 11.5 Å². The Morgan fingerprint density at radius 1 is 1.28 bits per heavy atom. The average Bonchev–Trinajstić information content (AvgIpc) is 2.70. The quantitative estimate of drug-likeness (QED) is 0.660. The highest BCUT2D eigenvalue weighted by Crippen LogP contribution is 2.29. The van der Waals surface area contributed by atoms with E-state index in [-0.39, 0.29) is 36.8 Å². The SMILES string of the molecule is CCc1cc(N2CCC(NC(=O)c3cc(Cl)c(N)cc3OC)CC2)ncn1.Cl.Cl.